The van der Waals surface area contributed by atoms with Crippen LogP contribution in [0.3, 0.4) is 0 Å². The Bertz CT molecular complexity index is 972. The molecule has 1 heterocycles. The Morgan fingerprint density at radius 3 is 2.20 bits per heavy atom. The molecular formula is C27H29NO2. The number of rotatable bonds is 5. The maximum Gasteiger partial charge on any atom is 0.221 e. The van der Waals surface area contributed by atoms with Gasteiger partial charge in [0.1, 0.15) is 11.4 Å². The van der Waals surface area contributed by atoms with Crippen molar-refractivity contribution >= 4 is 5.91 Å². The lowest BCUT2D eigenvalue weighted by atomic mass is 9.86. The van der Waals surface area contributed by atoms with Crippen LogP contribution in [-0.4, -0.2) is 11.5 Å². The number of aryl methyl sites for hydroxylation is 1. The smallest absolute Gasteiger partial charge is 0.221 e. The van der Waals surface area contributed by atoms with E-state index in [-0.39, 0.29) is 23.5 Å². The van der Waals surface area contributed by atoms with Crippen LogP contribution in [0.1, 0.15) is 60.9 Å². The molecule has 3 nitrogen and oxygen atoms in total. The molecular weight excluding hydrogens is 370 g/mol. The van der Waals surface area contributed by atoms with Gasteiger partial charge in [0.15, 0.2) is 0 Å². The Kier molecular flexibility index (Phi) is 5.63. The molecule has 3 heteroatoms. The maximum absolute atomic E-state index is 13.2. The van der Waals surface area contributed by atoms with Gasteiger partial charge in [-0.25, -0.2) is 0 Å². The van der Waals surface area contributed by atoms with Gasteiger partial charge in [0.2, 0.25) is 5.91 Å². The average Bonchev–Trinajstić information content (AvgIpc) is 2.73. The average molecular weight is 400 g/mol. The zero-order valence-corrected chi connectivity index (χ0v) is 17.9. The van der Waals surface area contributed by atoms with E-state index in [0.717, 1.165) is 28.9 Å². The van der Waals surface area contributed by atoms with E-state index in [1.165, 1.54) is 5.56 Å². The van der Waals surface area contributed by atoms with Gasteiger partial charge in [-0.2, -0.15) is 0 Å². The van der Waals surface area contributed by atoms with E-state index in [0.29, 0.717) is 6.42 Å². The molecule has 0 fully saturated rings. The zero-order chi connectivity index (χ0) is 21.1. The quantitative estimate of drug-likeness (QED) is 0.577. The van der Waals surface area contributed by atoms with Crippen LogP contribution in [0, 0.1) is 6.92 Å². The van der Waals surface area contributed by atoms with Crippen LogP contribution in [-0.2, 0) is 4.79 Å². The van der Waals surface area contributed by atoms with Crippen molar-refractivity contribution in [3.63, 3.8) is 0 Å². The second-order valence-corrected chi connectivity index (χ2v) is 8.81. The van der Waals surface area contributed by atoms with Gasteiger partial charge in [0, 0.05) is 24.3 Å². The minimum absolute atomic E-state index is 0.0252. The molecule has 1 aliphatic rings. The Morgan fingerprint density at radius 1 is 1.00 bits per heavy atom. The van der Waals surface area contributed by atoms with E-state index in [1.54, 1.807) is 0 Å². The predicted octanol–water partition coefficient (Wildman–Crippen LogP) is 5.94. The molecule has 1 N–H and O–H groups in total. The Hall–Kier alpha value is -3.07. The Morgan fingerprint density at radius 2 is 1.60 bits per heavy atom. The molecule has 1 aliphatic heterocycles. The largest absolute Gasteiger partial charge is 0.487 e. The lowest BCUT2D eigenvalue weighted by Gasteiger charge is -2.38. The number of carbonyl (C=O) groups excluding carboxylic acids is 1. The fourth-order valence-electron chi connectivity index (χ4n) is 4.34. The number of nitrogens with one attached hydrogen (secondary N) is 1. The zero-order valence-electron chi connectivity index (χ0n) is 17.9. The SMILES string of the molecule is Cc1ccc2c(c1)[C@H](NC(=O)CC(c1ccccc1)c1ccccc1)CC(C)(C)O2. The molecule has 30 heavy (non-hydrogen) atoms. The van der Waals surface area contributed by atoms with E-state index in [4.69, 9.17) is 4.74 Å². The fraction of sp³-hybridized carbons (Fsp3) is 0.296. The third-order valence-corrected chi connectivity index (χ3v) is 5.75. The summed E-state index contributed by atoms with van der Waals surface area (Å²) in [7, 11) is 0. The third kappa shape index (κ3) is 4.56. The van der Waals surface area contributed by atoms with Crippen LogP contribution < -0.4 is 10.1 Å². The summed E-state index contributed by atoms with van der Waals surface area (Å²) in [4.78, 5) is 13.2. The molecule has 3 aromatic rings. The van der Waals surface area contributed by atoms with E-state index < -0.39 is 0 Å². The van der Waals surface area contributed by atoms with Crippen molar-refractivity contribution in [3.05, 3.63) is 101 Å². The van der Waals surface area contributed by atoms with E-state index in [1.807, 2.05) is 42.5 Å². The molecule has 0 unspecified atom stereocenters. The van der Waals surface area contributed by atoms with Gasteiger partial charge < -0.3 is 10.1 Å². The monoisotopic (exact) mass is 399 g/mol. The van der Waals surface area contributed by atoms with Gasteiger partial charge in [0.25, 0.3) is 0 Å². The molecule has 0 radical (unpaired) electrons. The Balaban J connectivity index is 1.58. The highest BCUT2D eigenvalue weighted by Crippen LogP contribution is 2.40. The van der Waals surface area contributed by atoms with Crippen molar-refractivity contribution < 1.29 is 9.53 Å². The molecule has 0 aliphatic carbocycles. The van der Waals surface area contributed by atoms with E-state index in [9.17, 15) is 4.79 Å². The lowest BCUT2D eigenvalue weighted by Crippen LogP contribution is -2.41. The summed E-state index contributed by atoms with van der Waals surface area (Å²) in [6.07, 6.45) is 1.16. The summed E-state index contributed by atoms with van der Waals surface area (Å²) in [5, 5.41) is 3.31. The summed E-state index contributed by atoms with van der Waals surface area (Å²) in [5.74, 6) is 0.949. The first kappa shape index (κ1) is 20.2. The lowest BCUT2D eigenvalue weighted by molar-refractivity contribution is -0.122. The van der Waals surface area contributed by atoms with Gasteiger partial charge in [-0.3, -0.25) is 4.79 Å². The molecule has 3 aromatic carbocycles. The first-order valence-electron chi connectivity index (χ1n) is 10.6. The Labute approximate surface area is 179 Å². The third-order valence-electron chi connectivity index (χ3n) is 5.75. The summed E-state index contributed by atoms with van der Waals surface area (Å²) in [6.45, 7) is 6.22. The van der Waals surface area contributed by atoms with Crippen LogP contribution in [0.4, 0.5) is 0 Å². The molecule has 0 spiro atoms. The van der Waals surface area contributed by atoms with Gasteiger partial charge in [-0.15, -0.1) is 0 Å². The van der Waals surface area contributed by atoms with Crippen molar-refractivity contribution in [2.24, 2.45) is 0 Å². The molecule has 0 aromatic heterocycles. The summed E-state index contributed by atoms with van der Waals surface area (Å²) >= 11 is 0. The highest BCUT2D eigenvalue weighted by molar-refractivity contribution is 5.78. The predicted molar refractivity (Wildman–Crippen MR) is 121 cm³/mol. The standard InChI is InChI=1S/C27H29NO2/c1-19-14-15-25-23(16-19)24(18-27(2,3)30-25)28-26(29)17-22(20-10-6-4-7-11-20)21-12-8-5-9-13-21/h4-16,22,24H,17-18H2,1-3H3,(H,28,29)/t24-/m1/s1. The van der Waals surface area contributed by atoms with Crippen molar-refractivity contribution in [3.8, 4) is 5.75 Å². The van der Waals surface area contributed by atoms with Gasteiger partial charge in [-0.05, 0) is 38.0 Å². The molecule has 0 bridgehead atoms. The van der Waals surface area contributed by atoms with E-state index >= 15 is 0 Å². The van der Waals surface area contributed by atoms with Gasteiger partial charge >= 0.3 is 0 Å². The number of carbonyl (C=O) groups is 1. The van der Waals surface area contributed by atoms with Crippen LogP contribution >= 0.6 is 0 Å². The fourth-order valence-corrected chi connectivity index (χ4v) is 4.34. The van der Waals surface area contributed by atoms with Crippen LogP contribution in [0.25, 0.3) is 0 Å². The minimum Gasteiger partial charge on any atom is -0.487 e. The van der Waals surface area contributed by atoms with Crippen molar-refractivity contribution in [1.82, 2.24) is 5.32 Å². The van der Waals surface area contributed by atoms with Gasteiger partial charge in [-0.1, -0.05) is 78.4 Å². The minimum atomic E-state index is -0.321. The molecule has 0 saturated heterocycles. The number of hydrogen-bond donors (Lipinski definition) is 1. The molecule has 1 atom stereocenters. The molecule has 0 saturated carbocycles. The number of hydrogen-bond acceptors (Lipinski definition) is 2. The topological polar surface area (TPSA) is 38.3 Å². The normalized spacial score (nSPS) is 17.1. The number of amides is 1. The van der Waals surface area contributed by atoms with Crippen molar-refractivity contribution in [2.45, 2.75) is 51.2 Å². The number of benzene rings is 3. The van der Waals surface area contributed by atoms with Crippen molar-refractivity contribution in [1.29, 1.82) is 0 Å². The summed E-state index contributed by atoms with van der Waals surface area (Å²) in [5.41, 5.74) is 4.23. The molecule has 154 valence electrons. The van der Waals surface area contributed by atoms with Crippen LogP contribution in [0.2, 0.25) is 0 Å². The summed E-state index contributed by atoms with van der Waals surface area (Å²) in [6, 6.07) is 26.7. The second kappa shape index (κ2) is 8.35. The molecule has 4 rings (SSSR count). The molecule has 1 amide bonds. The number of fused-ring (bicyclic) bond motifs is 1. The van der Waals surface area contributed by atoms with Crippen molar-refractivity contribution in [2.75, 3.05) is 0 Å². The maximum atomic E-state index is 13.2. The first-order valence-corrected chi connectivity index (χ1v) is 10.6. The van der Waals surface area contributed by atoms with Crippen LogP contribution in [0.15, 0.2) is 78.9 Å². The van der Waals surface area contributed by atoms with Crippen LogP contribution in [0.5, 0.6) is 5.75 Å². The first-order chi connectivity index (χ1) is 14.4. The van der Waals surface area contributed by atoms with E-state index in [2.05, 4.69) is 62.5 Å². The highest BCUT2D eigenvalue weighted by Gasteiger charge is 2.35. The number of ether oxygens (including phenoxy) is 1. The highest BCUT2D eigenvalue weighted by atomic mass is 16.5. The van der Waals surface area contributed by atoms with Gasteiger partial charge in [0.05, 0.1) is 6.04 Å². The second-order valence-electron chi connectivity index (χ2n) is 8.81. The summed E-state index contributed by atoms with van der Waals surface area (Å²) < 4.78 is 6.15.